The predicted octanol–water partition coefficient (Wildman–Crippen LogP) is 5.05. The molecule has 0 atom stereocenters. The quantitative estimate of drug-likeness (QED) is 0.513. The van der Waals surface area contributed by atoms with Gasteiger partial charge in [0.1, 0.15) is 11.3 Å². The summed E-state index contributed by atoms with van der Waals surface area (Å²) in [7, 11) is 0. The zero-order valence-corrected chi connectivity index (χ0v) is 16.4. The highest BCUT2D eigenvalue weighted by molar-refractivity contribution is 5.80. The summed E-state index contributed by atoms with van der Waals surface area (Å²) >= 11 is 0. The molecule has 0 unspecified atom stereocenters. The summed E-state index contributed by atoms with van der Waals surface area (Å²) in [6.07, 6.45) is 0. The minimum Gasteiger partial charge on any atom is -0.456 e. The van der Waals surface area contributed by atoms with Crippen LogP contribution in [-0.4, -0.2) is 9.97 Å². The molecule has 0 radical (unpaired) electrons. The van der Waals surface area contributed by atoms with Crippen LogP contribution in [0.25, 0.3) is 22.3 Å². The van der Waals surface area contributed by atoms with Gasteiger partial charge < -0.3 is 4.42 Å². The molecule has 0 fully saturated rings. The van der Waals surface area contributed by atoms with Gasteiger partial charge in [0, 0.05) is 28.4 Å². The van der Waals surface area contributed by atoms with E-state index in [-0.39, 0.29) is 0 Å². The Labute approximate surface area is 163 Å². The van der Waals surface area contributed by atoms with Crippen molar-refractivity contribution < 1.29 is 4.42 Å². The zero-order valence-electron chi connectivity index (χ0n) is 16.4. The summed E-state index contributed by atoms with van der Waals surface area (Å²) in [6.45, 7) is 8.05. The summed E-state index contributed by atoms with van der Waals surface area (Å²) in [5.74, 6) is 1.25. The van der Waals surface area contributed by atoms with E-state index in [1.807, 2.05) is 56.3 Å². The largest absolute Gasteiger partial charge is 0.456 e. The van der Waals surface area contributed by atoms with E-state index < -0.39 is 0 Å². The van der Waals surface area contributed by atoms with Crippen LogP contribution in [0.1, 0.15) is 22.5 Å². The second kappa shape index (κ2) is 7.27. The first-order valence-corrected chi connectivity index (χ1v) is 9.22. The Hall–Kier alpha value is -3.47. The number of rotatable bonds is 3. The third kappa shape index (κ3) is 3.64. The minimum absolute atomic E-state index is 0.483. The third-order valence-corrected chi connectivity index (χ3v) is 4.68. The van der Waals surface area contributed by atoms with Gasteiger partial charge in [-0.15, -0.1) is 0 Å². The first-order chi connectivity index (χ1) is 13.5. The smallest absolute Gasteiger partial charge is 0.243 e. The van der Waals surface area contributed by atoms with Crippen molar-refractivity contribution in [2.45, 2.75) is 27.7 Å². The number of hydrogen-bond acceptors (Lipinski definition) is 5. The van der Waals surface area contributed by atoms with Crippen LogP contribution in [0.4, 0.5) is 5.95 Å². The monoisotopic (exact) mass is 370 g/mol. The van der Waals surface area contributed by atoms with Gasteiger partial charge in [0.15, 0.2) is 0 Å². The van der Waals surface area contributed by atoms with Gasteiger partial charge in [-0.25, -0.2) is 15.4 Å². The Morgan fingerprint density at radius 3 is 2.21 bits per heavy atom. The SMILES string of the molecule is Cc1cc(C)nc(NN=c2cc(-c3ccccc3)oc3cc(C)c(C)cc23)n1. The Morgan fingerprint density at radius 1 is 0.821 bits per heavy atom. The molecule has 2 aromatic carbocycles. The van der Waals surface area contributed by atoms with E-state index in [0.717, 1.165) is 39.0 Å². The van der Waals surface area contributed by atoms with E-state index in [9.17, 15) is 0 Å². The number of aryl methyl sites for hydroxylation is 4. The van der Waals surface area contributed by atoms with Crippen LogP contribution in [0.2, 0.25) is 0 Å². The van der Waals surface area contributed by atoms with Crippen molar-refractivity contribution in [1.82, 2.24) is 9.97 Å². The number of nitrogens with zero attached hydrogens (tertiary/aromatic N) is 3. The average Bonchev–Trinajstić information content (AvgIpc) is 2.67. The van der Waals surface area contributed by atoms with Crippen LogP contribution in [-0.2, 0) is 0 Å². The summed E-state index contributed by atoms with van der Waals surface area (Å²) in [4.78, 5) is 8.80. The Kier molecular flexibility index (Phi) is 4.65. The lowest BCUT2D eigenvalue weighted by Gasteiger charge is -2.08. The fourth-order valence-electron chi connectivity index (χ4n) is 3.15. The second-order valence-electron chi connectivity index (χ2n) is 6.99. The highest BCUT2D eigenvalue weighted by Gasteiger charge is 2.08. The topological polar surface area (TPSA) is 63.3 Å². The molecule has 0 aliphatic rings. The number of anilines is 1. The van der Waals surface area contributed by atoms with E-state index in [4.69, 9.17) is 4.42 Å². The molecule has 5 nitrogen and oxygen atoms in total. The van der Waals surface area contributed by atoms with Gasteiger partial charge in [0.05, 0.1) is 5.36 Å². The predicted molar refractivity (Wildman–Crippen MR) is 112 cm³/mol. The van der Waals surface area contributed by atoms with Crippen LogP contribution < -0.4 is 10.8 Å². The van der Waals surface area contributed by atoms with Gasteiger partial charge in [-0.1, -0.05) is 30.3 Å². The Bertz CT molecular complexity index is 1210. The maximum Gasteiger partial charge on any atom is 0.243 e. The molecule has 1 N–H and O–H groups in total. The van der Waals surface area contributed by atoms with Crippen LogP contribution in [0.5, 0.6) is 0 Å². The fourth-order valence-corrected chi connectivity index (χ4v) is 3.15. The average molecular weight is 370 g/mol. The Morgan fingerprint density at radius 2 is 1.50 bits per heavy atom. The van der Waals surface area contributed by atoms with Crippen molar-refractivity contribution in [1.29, 1.82) is 0 Å². The number of nitrogens with one attached hydrogen (secondary N) is 1. The molecule has 0 saturated heterocycles. The molecule has 4 rings (SSSR count). The summed E-state index contributed by atoms with van der Waals surface area (Å²) in [6, 6.07) is 18.1. The molecule has 0 amide bonds. The van der Waals surface area contributed by atoms with Crippen LogP contribution in [0.15, 0.2) is 64.1 Å². The molecule has 5 heteroatoms. The highest BCUT2D eigenvalue weighted by Crippen LogP contribution is 2.24. The number of fused-ring (bicyclic) bond motifs is 1. The molecule has 0 saturated carbocycles. The molecule has 0 bridgehead atoms. The second-order valence-corrected chi connectivity index (χ2v) is 6.99. The lowest BCUT2D eigenvalue weighted by molar-refractivity contribution is 0.617. The van der Waals surface area contributed by atoms with Gasteiger partial charge in [0.25, 0.3) is 0 Å². The summed E-state index contributed by atoms with van der Waals surface area (Å²) in [5.41, 5.74) is 8.97. The number of benzene rings is 2. The third-order valence-electron chi connectivity index (χ3n) is 4.68. The molecule has 0 aliphatic heterocycles. The molecule has 0 aliphatic carbocycles. The molecule has 2 heterocycles. The van der Waals surface area contributed by atoms with Crippen molar-refractivity contribution in [2.24, 2.45) is 5.10 Å². The summed E-state index contributed by atoms with van der Waals surface area (Å²) in [5, 5.41) is 6.34. The van der Waals surface area contributed by atoms with Crippen molar-refractivity contribution in [3.8, 4) is 11.3 Å². The number of hydrogen-bond donors (Lipinski definition) is 1. The zero-order chi connectivity index (χ0) is 19.7. The Balaban J connectivity index is 1.90. The normalized spacial score (nSPS) is 11.8. The van der Waals surface area contributed by atoms with E-state index in [1.165, 1.54) is 11.1 Å². The van der Waals surface area contributed by atoms with Crippen molar-refractivity contribution >= 4 is 16.9 Å². The van der Waals surface area contributed by atoms with Gasteiger partial charge in [0.2, 0.25) is 5.95 Å². The van der Waals surface area contributed by atoms with E-state index in [2.05, 4.69) is 46.5 Å². The number of aromatic nitrogens is 2. The van der Waals surface area contributed by atoms with Crippen molar-refractivity contribution in [2.75, 3.05) is 5.43 Å². The van der Waals surface area contributed by atoms with E-state index in [0.29, 0.717) is 5.95 Å². The molecule has 2 aromatic heterocycles. The van der Waals surface area contributed by atoms with Crippen LogP contribution >= 0.6 is 0 Å². The van der Waals surface area contributed by atoms with Gasteiger partial charge in [-0.05, 0) is 57.0 Å². The maximum absolute atomic E-state index is 6.20. The highest BCUT2D eigenvalue weighted by atomic mass is 16.3. The van der Waals surface area contributed by atoms with Gasteiger partial charge >= 0.3 is 0 Å². The van der Waals surface area contributed by atoms with E-state index in [1.54, 1.807) is 0 Å². The molecule has 0 spiro atoms. The fraction of sp³-hybridized carbons (Fsp3) is 0.174. The van der Waals surface area contributed by atoms with Gasteiger partial charge in [-0.3, -0.25) is 0 Å². The van der Waals surface area contributed by atoms with Crippen molar-refractivity contribution in [3.05, 3.63) is 82.5 Å². The maximum atomic E-state index is 6.20. The lowest BCUT2D eigenvalue weighted by atomic mass is 10.1. The lowest BCUT2D eigenvalue weighted by Crippen LogP contribution is -2.09. The molecular weight excluding hydrogens is 348 g/mol. The first-order valence-electron chi connectivity index (χ1n) is 9.22. The molecule has 140 valence electrons. The van der Waals surface area contributed by atoms with E-state index >= 15 is 0 Å². The molecule has 4 aromatic rings. The van der Waals surface area contributed by atoms with Gasteiger partial charge in [-0.2, -0.15) is 5.10 Å². The minimum atomic E-state index is 0.483. The molecular formula is C23H22N4O. The standard InChI is InChI=1S/C23H22N4O/c1-14-10-19-20(26-27-23-24-16(3)12-17(4)25-23)13-21(18-8-6-5-7-9-18)28-22(19)11-15(14)2/h5-13H,1-4H3,(H,24,25,27). The summed E-state index contributed by atoms with van der Waals surface area (Å²) < 4.78 is 6.20. The van der Waals surface area contributed by atoms with Crippen LogP contribution in [0.3, 0.4) is 0 Å². The van der Waals surface area contributed by atoms with Crippen molar-refractivity contribution in [3.63, 3.8) is 0 Å². The van der Waals surface area contributed by atoms with Crippen LogP contribution in [0, 0.1) is 27.7 Å². The first kappa shape index (κ1) is 17.9. The molecule has 28 heavy (non-hydrogen) atoms.